The van der Waals surface area contributed by atoms with Crippen LogP contribution in [0.1, 0.15) is 5.56 Å². The minimum atomic E-state index is -0.291. The molecule has 5 heteroatoms. The number of ether oxygens (including phenoxy) is 3. The number of benzene rings is 3. The van der Waals surface area contributed by atoms with Crippen LogP contribution in [0, 0.1) is 6.92 Å². The Balaban J connectivity index is 1.65. The Bertz CT molecular complexity index is 906. The Kier molecular flexibility index (Phi) is 5.94. The Morgan fingerprint density at radius 1 is 0.852 bits per heavy atom. The number of carbonyl (C=O) groups excluding carboxylic acids is 1. The molecular weight excluding hydrogens is 342 g/mol. The summed E-state index contributed by atoms with van der Waals surface area (Å²) < 4.78 is 16.7. The number of aryl methyl sites for hydroxylation is 1. The van der Waals surface area contributed by atoms with E-state index in [0.29, 0.717) is 28.7 Å². The highest BCUT2D eigenvalue weighted by atomic mass is 16.5. The van der Waals surface area contributed by atoms with Gasteiger partial charge in [0.15, 0.2) is 23.9 Å². The molecule has 1 N–H and O–H groups in total. The third-order valence-electron chi connectivity index (χ3n) is 3.84. The molecule has 138 valence electrons. The number of rotatable bonds is 7. The van der Waals surface area contributed by atoms with E-state index < -0.39 is 0 Å². The smallest absolute Gasteiger partial charge is 0.262 e. The first-order chi connectivity index (χ1) is 13.2. The van der Waals surface area contributed by atoms with E-state index in [4.69, 9.17) is 14.2 Å². The molecular formula is C22H21NO4. The van der Waals surface area contributed by atoms with Crippen LogP contribution in [0.2, 0.25) is 0 Å². The highest BCUT2D eigenvalue weighted by Crippen LogP contribution is 2.30. The van der Waals surface area contributed by atoms with Crippen LogP contribution in [0.5, 0.6) is 23.0 Å². The standard InChI is InChI=1S/C22H21NO4/c1-16-11-13-17(14-12-16)27-19-8-4-3-7-18(19)23-22(24)15-26-21-10-6-5-9-20(21)25-2/h3-14H,15H2,1-2H3,(H,23,24). The number of nitrogens with one attached hydrogen (secondary N) is 1. The highest BCUT2D eigenvalue weighted by molar-refractivity contribution is 5.93. The minimum Gasteiger partial charge on any atom is -0.493 e. The number of hydrogen-bond acceptors (Lipinski definition) is 4. The zero-order valence-electron chi connectivity index (χ0n) is 15.3. The van der Waals surface area contributed by atoms with E-state index in [9.17, 15) is 4.79 Å². The maximum absolute atomic E-state index is 12.3. The zero-order chi connectivity index (χ0) is 19.1. The van der Waals surface area contributed by atoms with E-state index in [-0.39, 0.29) is 12.5 Å². The summed E-state index contributed by atoms with van der Waals surface area (Å²) in [6, 6.07) is 22.2. The number of hydrogen-bond donors (Lipinski definition) is 1. The van der Waals surface area contributed by atoms with E-state index in [1.807, 2.05) is 55.5 Å². The lowest BCUT2D eigenvalue weighted by atomic mass is 10.2. The van der Waals surface area contributed by atoms with Crippen molar-refractivity contribution >= 4 is 11.6 Å². The van der Waals surface area contributed by atoms with Gasteiger partial charge >= 0.3 is 0 Å². The molecule has 3 rings (SSSR count). The lowest BCUT2D eigenvalue weighted by Gasteiger charge is -2.13. The second-order valence-electron chi connectivity index (χ2n) is 5.90. The Morgan fingerprint density at radius 3 is 2.19 bits per heavy atom. The monoisotopic (exact) mass is 363 g/mol. The molecule has 0 bridgehead atoms. The van der Waals surface area contributed by atoms with Gasteiger partial charge in [0.05, 0.1) is 12.8 Å². The van der Waals surface area contributed by atoms with Crippen molar-refractivity contribution in [2.75, 3.05) is 19.0 Å². The van der Waals surface area contributed by atoms with E-state index in [2.05, 4.69) is 5.32 Å². The van der Waals surface area contributed by atoms with Crippen molar-refractivity contribution in [3.05, 3.63) is 78.4 Å². The molecule has 0 saturated heterocycles. The molecule has 0 spiro atoms. The predicted octanol–water partition coefficient (Wildman–Crippen LogP) is 4.81. The molecule has 1 amide bonds. The average Bonchev–Trinajstić information content (AvgIpc) is 2.70. The summed E-state index contributed by atoms with van der Waals surface area (Å²) >= 11 is 0. The third-order valence-corrected chi connectivity index (χ3v) is 3.84. The van der Waals surface area contributed by atoms with Gasteiger partial charge in [0.1, 0.15) is 5.75 Å². The van der Waals surface area contributed by atoms with Crippen LogP contribution in [-0.4, -0.2) is 19.6 Å². The summed E-state index contributed by atoms with van der Waals surface area (Å²) in [7, 11) is 1.56. The highest BCUT2D eigenvalue weighted by Gasteiger charge is 2.10. The van der Waals surface area contributed by atoms with Crippen molar-refractivity contribution in [3.8, 4) is 23.0 Å². The SMILES string of the molecule is COc1ccccc1OCC(=O)Nc1ccccc1Oc1ccc(C)cc1. The first kappa shape index (κ1) is 18.3. The lowest BCUT2D eigenvalue weighted by Crippen LogP contribution is -2.20. The van der Waals surface area contributed by atoms with Gasteiger partial charge in [0, 0.05) is 0 Å². The fourth-order valence-corrected chi connectivity index (χ4v) is 2.46. The molecule has 0 saturated carbocycles. The second-order valence-corrected chi connectivity index (χ2v) is 5.90. The number of carbonyl (C=O) groups is 1. The Hall–Kier alpha value is -3.47. The van der Waals surface area contributed by atoms with Crippen molar-refractivity contribution in [1.82, 2.24) is 0 Å². The summed E-state index contributed by atoms with van der Waals surface area (Å²) in [5.41, 5.74) is 1.73. The Morgan fingerprint density at radius 2 is 1.48 bits per heavy atom. The molecule has 0 aliphatic heterocycles. The average molecular weight is 363 g/mol. The molecule has 0 radical (unpaired) electrons. The van der Waals surface area contributed by atoms with Gasteiger partial charge in [-0.05, 0) is 43.3 Å². The first-order valence-electron chi connectivity index (χ1n) is 8.55. The molecule has 5 nitrogen and oxygen atoms in total. The van der Waals surface area contributed by atoms with Crippen molar-refractivity contribution in [1.29, 1.82) is 0 Å². The van der Waals surface area contributed by atoms with Gasteiger partial charge in [-0.25, -0.2) is 0 Å². The maximum Gasteiger partial charge on any atom is 0.262 e. The van der Waals surface area contributed by atoms with Crippen LogP contribution in [0.25, 0.3) is 0 Å². The van der Waals surface area contributed by atoms with E-state index in [1.54, 1.807) is 31.4 Å². The largest absolute Gasteiger partial charge is 0.493 e. The van der Waals surface area contributed by atoms with Gasteiger partial charge in [-0.1, -0.05) is 42.0 Å². The molecule has 3 aromatic rings. The zero-order valence-corrected chi connectivity index (χ0v) is 15.3. The molecule has 0 heterocycles. The third kappa shape index (κ3) is 5.01. The quantitative estimate of drug-likeness (QED) is 0.654. The molecule has 0 atom stereocenters. The van der Waals surface area contributed by atoms with Gasteiger partial charge in [0.25, 0.3) is 5.91 Å². The summed E-state index contributed by atoms with van der Waals surface area (Å²) in [5, 5.41) is 2.82. The molecule has 0 aliphatic rings. The Labute approximate surface area is 158 Å². The molecule has 0 aliphatic carbocycles. The molecule has 3 aromatic carbocycles. The maximum atomic E-state index is 12.3. The molecule has 27 heavy (non-hydrogen) atoms. The normalized spacial score (nSPS) is 10.1. The summed E-state index contributed by atoms with van der Waals surface area (Å²) in [6.07, 6.45) is 0. The first-order valence-corrected chi connectivity index (χ1v) is 8.55. The van der Waals surface area contributed by atoms with Crippen LogP contribution >= 0.6 is 0 Å². The summed E-state index contributed by atoms with van der Waals surface area (Å²) in [5.74, 6) is 2.06. The van der Waals surface area contributed by atoms with Crippen molar-refractivity contribution in [2.24, 2.45) is 0 Å². The summed E-state index contributed by atoms with van der Waals surface area (Å²) in [6.45, 7) is 1.87. The topological polar surface area (TPSA) is 56.8 Å². The summed E-state index contributed by atoms with van der Waals surface area (Å²) in [4.78, 5) is 12.3. The van der Waals surface area contributed by atoms with Crippen molar-refractivity contribution < 1.29 is 19.0 Å². The van der Waals surface area contributed by atoms with Gasteiger partial charge in [0.2, 0.25) is 0 Å². The fraction of sp³-hybridized carbons (Fsp3) is 0.136. The van der Waals surface area contributed by atoms with Crippen LogP contribution in [-0.2, 0) is 4.79 Å². The van der Waals surface area contributed by atoms with Crippen molar-refractivity contribution in [2.45, 2.75) is 6.92 Å². The van der Waals surface area contributed by atoms with Crippen LogP contribution < -0.4 is 19.5 Å². The van der Waals surface area contributed by atoms with Crippen molar-refractivity contribution in [3.63, 3.8) is 0 Å². The van der Waals surface area contributed by atoms with Gasteiger partial charge in [-0.3, -0.25) is 4.79 Å². The second kappa shape index (κ2) is 8.76. The molecule has 0 aromatic heterocycles. The van der Waals surface area contributed by atoms with Crippen LogP contribution in [0.4, 0.5) is 5.69 Å². The fourth-order valence-electron chi connectivity index (χ4n) is 2.46. The number of anilines is 1. The minimum absolute atomic E-state index is 0.140. The number of methoxy groups -OCH3 is 1. The molecule has 0 fully saturated rings. The number of para-hydroxylation sites is 4. The van der Waals surface area contributed by atoms with Gasteiger partial charge < -0.3 is 19.5 Å². The van der Waals surface area contributed by atoms with Gasteiger partial charge in [-0.15, -0.1) is 0 Å². The molecule has 0 unspecified atom stereocenters. The van der Waals surface area contributed by atoms with E-state index in [0.717, 1.165) is 5.56 Å². The van der Waals surface area contributed by atoms with Crippen LogP contribution in [0.3, 0.4) is 0 Å². The predicted molar refractivity (Wildman–Crippen MR) is 105 cm³/mol. The van der Waals surface area contributed by atoms with E-state index in [1.165, 1.54) is 0 Å². The number of amides is 1. The van der Waals surface area contributed by atoms with E-state index >= 15 is 0 Å². The lowest BCUT2D eigenvalue weighted by molar-refractivity contribution is -0.118. The van der Waals surface area contributed by atoms with Gasteiger partial charge in [-0.2, -0.15) is 0 Å². The van der Waals surface area contributed by atoms with Crippen LogP contribution in [0.15, 0.2) is 72.8 Å².